The Morgan fingerprint density at radius 3 is 2.63 bits per heavy atom. The van der Waals surface area contributed by atoms with Crippen molar-refractivity contribution in [3.05, 3.63) is 34.3 Å². The number of nitrogens with zero attached hydrogens (tertiary/aromatic N) is 1. The van der Waals surface area contributed by atoms with Gasteiger partial charge in [-0.2, -0.15) is 0 Å². The van der Waals surface area contributed by atoms with E-state index in [0.29, 0.717) is 5.56 Å². The molecule has 1 aliphatic rings. The van der Waals surface area contributed by atoms with Crippen molar-refractivity contribution >= 4 is 27.7 Å². The van der Waals surface area contributed by atoms with Crippen LogP contribution in [0.4, 0.5) is 0 Å². The molecule has 1 aromatic carbocycles. The van der Waals surface area contributed by atoms with Gasteiger partial charge in [0.1, 0.15) is 6.04 Å². The van der Waals surface area contributed by atoms with Crippen LogP contribution in [0.1, 0.15) is 30.1 Å². The summed E-state index contributed by atoms with van der Waals surface area (Å²) in [6.07, 6.45) is 2.11. The fourth-order valence-electron chi connectivity index (χ4n) is 2.18. The second-order valence-corrected chi connectivity index (χ2v) is 5.65. The number of hydrogen-bond acceptors (Lipinski definition) is 2. The van der Waals surface area contributed by atoms with Gasteiger partial charge in [-0.1, -0.05) is 22.0 Å². The molecule has 1 aliphatic heterocycles. The summed E-state index contributed by atoms with van der Waals surface area (Å²) in [7, 11) is 0. The minimum Gasteiger partial charge on any atom is -0.341 e. The highest BCUT2D eigenvalue weighted by Crippen LogP contribution is 2.12. The van der Waals surface area contributed by atoms with E-state index in [-0.39, 0.29) is 11.8 Å². The highest BCUT2D eigenvalue weighted by molar-refractivity contribution is 9.10. The van der Waals surface area contributed by atoms with Gasteiger partial charge in [-0.05, 0) is 38.0 Å². The van der Waals surface area contributed by atoms with E-state index < -0.39 is 6.04 Å². The molecule has 0 radical (unpaired) electrons. The van der Waals surface area contributed by atoms with Gasteiger partial charge in [0.25, 0.3) is 5.91 Å². The standard InChI is InChI=1S/C14H17BrN2O2/c1-10(14(19)17-7-2-3-8-17)16-13(18)11-5-4-6-12(15)9-11/h4-6,9-10H,2-3,7-8H2,1H3,(H,16,18)/t10-/m1/s1. The lowest BCUT2D eigenvalue weighted by Crippen LogP contribution is -2.45. The summed E-state index contributed by atoms with van der Waals surface area (Å²) in [4.78, 5) is 25.9. The molecule has 102 valence electrons. The first-order valence-electron chi connectivity index (χ1n) is 6.43. The smallest absolute Gasteiger partial charge is 0.251 e. The average Bonchev–Trinajstić information content (AvgIpc) is 2.91. The van der Waals surface area contributed by atoms with Gasteiger partial charge in [-0.15, -0.1) is 0 Å². The molecule has 1 atom stereocenters. The lowest BCUT2D eigenvalue weighted by atomic mass is 10.2. The van der Waals surface area contributed by atoms with Crippen molar-refractivity contribution < 1.29 is 9.59 Å². The number of halogens is 1. The van der Waals surface area contributed by atoms with Crippen molar-refractivity contribution in [3.63, 3.8) is 0 Å². The van der Waals surface area contributed by atoms with Crippen LogP contribution in [-0.2, 0) is 4.79 Å². The van der Waals surface area contributed by atoms with Gasteiger partial charge in [0.2, 0.25) is 5.91 Å². The lowest BCUT2D eigenvalue weighted by Gasteiger charge is -2.21. The Kier molecular flexibility index (Phi) is 4.58. The van der Waals surface area contributed by atoms with Gasteiger partial charge in [0.05, 0.1) is 0 Å². The zero-order valence-electron chi connectivity index (χ0n) is 10.9. The summed E-state index contributed by atoms with van der Waals surface area (Å²) < 4.78 is 0.846. The normalized spacial score (nSPS) is 16.2. The van der Waals surface area contributed by atoms with Crippen molar-refractivity contribution in [1.29, 1.82) is 0 Å². The Labute approximate surface area is 121 Å². The maximum atomic E-state index is 12.1. The SMILES string of the molecule is C[C@@H](NC(=O)c1cccc(Br)c1)C(=O)N1CCCC1. The number of carbonyl (C=O) groups is 2. The second-order valence-electron chi connectivity index (χ2n) is 4.74. The van der Waals surface area contributed by atoms with E-state index in [9.17, 15) is 9.59 Å². The summed E-state index contributed by atoms with van der Waals surface area (Å²) in [6, 6.07) is 6.64. The first-order valence-corrected chi connectivity index (χ1v) is 7.22. The second kappa shape index (κ2) is 6.19. The molecule has 0 aliphatic carbocycles. The molecule has 0 spiro atoms. The summed E-state index contributed by atoms with van der Waals surface area (Å²) in [5.74, 6) is -0.220. The van der Waals surface area contributed by atoms with Gasteiger partial charge >= 0.3 is 0 Å². The van der Waals surface area contributed by atoms with Crippen LogP contribution in [0.3, 0.4) is 0 Å². The summed E-state index contributed by atoms with van der Waals surface area (Å²) in [5.41, 5.74) is 0.551. The molecule has 19 heavy (non-hydrogen) atoms. The molecule has 1 N–H and O–H groups in total. The predicted molar refractivity (Wildman–Crippen MR) is 76.9 cm³/mol. The van der Waals surface area contributed by atoms with Crippen LogP contribution < -0.4 is 5.32 Å². The van der Waals surface area contributed by atoms with Crippen LogP contribution in [0, 0.1) is 0 Å². The molecule has 1 fully saturated rings. The minimum atomic E-state index is -0.482. The fraction of sp³-hybridized carbons (Fsp3) is 0.429. The number of benzene rings is 1. The number of hydrogen-bond donors (Lipinski definition) is 1. The van der Waals surface area contributed by atoms with E-state index >= 15 is 0 Å². The van der Waals surface area contributed by atoms with E-state index in [1.807, 2.05) is 11.0 Å². The Morgan fingerprint density at radius 2 is 2.00 bits per heavy atom. The highest BCUT2D eigenvalue weighted by atomic mass is 79.9. The largest absolute Gasteiger partial charge is 0.341 e. The molecule has 2 rings (SSSR count). The lowest BCUT2D eigenvalue weighted by molar-refractivity contribution is -0.131. The van der Waals surface area contributed by atoms with Crippen molar-refractivity contribution in [3.8, 4) is 0 Å². The monoisotopic (exact) mass is 324 g/mol. The Morgan fingerprint density at radius 1 is 1.32 bits per heavy atom. The molecule has 0 saturated carbocycles. The molecule has 5 heteroatoms. The highest BCUT2D eigenvalue weighted by Gasteiger charge is 2.24. The van der Waals surface area contributed by atoms with Crippen LogP contribution in [0.2, 0.25) is 0 Å². The molecule has 1 heterocycles. The van der Waals surface area contributed by atoms with E-state index in [0.717, 1.165) is 30.4 Å². The van der Waals surface area contributed by atoms with Crippen molar-refractivity contribution in [2.45, 2.75) is 25.8 Å². The molecule has 0 unspecified atom stereocenters. The van der Waals surface area contributed by atoms with Crippen molar-refractivity contribution in [2.24, 2.45) is 0 Å². The fourth-order valence-corrected chi connectivity index (χ4v) is 2.58. The molecule has 1 aromatic rings. The third-order valence-electron chi connectivity index (χ3n) is 3.22. The number of rotatable bonds is 3. The number of carbonyl (C=O) groups excluding carboxylic acids is 2. The summed E-state index contributed by atoms with van der Waals surface area (Å²) >= 11 is 3.32. The first-order chi connectivity index (χ1) is 9.08. The maximum Gasteiger partial charge on any atom is 0.251 e. The van der Waals surface area contributed by atoms with Crippen LogP contribution >= 0.6 is 15.9 Å². The van der Waals surface area contributed by atoms with Crippen LogP contribution in [0.25, 0.3) is 0 Å². The number of amides is 2. The molecular weight excluding hydrogens is 308 g/mol. The predicted octanol–water partition coefficient (Wildman–Crippen LogP) is 2.19. The molecule has 2 amide bonds. The van der Waals surface area contributed by atoms with Gasteiger partial charge in [0, 0.05) is 23.1 Å². The van der Waals surface area contributed by atoms with Crippen LogP contribution in [0.5, 0.6) is 0 Å². The zero-order valence-corrected chi connectivity index (χ0v) is 12.4. The number of nitrogens with one attached hydrogen (secondary N) is 1. The van der Waals surface area contributed by atoms with Crippen molar-refractivity contribution in [1.82, 2.24) is 10.2 Å². The van der Waals surface area contributed by atoms with Gasteiger partial charge in [-0.25, -0.2) is 0 Å². The molecule has 0 aromatic heterocycles. The third-order valence-corrected chi connectivity index (χ3v) is 3.72. The molecule has 0 bridgehead atoms. The van der Waals surface area contributed by atoms with E-state index in [4.69, 9.17) is 0 Å². The van der Waals surface area contributed by atoms with Gasteiger partial charge in [-0.3, -0.25) is 9.59 Å². The topological polar surface area (TPSA) is 49.4 Å². The summed E-state index contributed by atoms with van der Waals surface area (Å²) in [6.45, 7) is 3.34. The zero-order chi connectivity index (χ0) is 13.8. The average molecular weight is 325 g/mol. The minimum absolute atomic E-state index is 0.000784. The maximum absolute atomic E-state index is 12.1. The third kappa shape index (κ3) is 3.56. The van der Waals surface area contributed by atoms with Crippen LogP contribution in [0.15, 0.2) is 28.7 Å². The molecular formula is C14H17BrN2O2. The Bertz CT molecular complexity index is 484. The van der Waals surface area contributed by atoms with E-state index in [1.54, 1.807) is 25.1 Å². The van der Waals surface area contributed by atoms with Crippen LogP contribution in [-0.4, -0.2) is 35.8 Å². The summed E-state index contributed by atoms with van der Waals surface area (Å²) in [5, 5.41) is 2.75. The first kappa shape index (κ1) is 14.1. The number of likely N-dealkylation sites (tertiary alicyclic amines) is 1. The van der Waals surface area contributed by atoms with Gasteiger partial charge < -0.3 is 10.2 Å². The van der Waals surface area contributed by atoms with Gasteiger partial charge in [0.15, 0.2) is 0 Å². The Hall–Kier alpha value is -1.36. The Balaban J connectivity index is 1.96. The van der Waals surface area contributed by atoms with E-state index in [2.05, 4.69) is 21.2 Å². The molecule has 1 saturated heterocycles. The molecule has 4 nitrogen and oxygen atoms in total. The van der Waals surface area contributed by atoms with Crippen molar-refractivity contribution in [2.75, 3.05) is 13.1 Å². The quantitative estimate of drug-likeness (QED) is 0.926. The van der Waals surface area contributed by atoms with E-state index in [1.165, 1.54) is 0 Å².